The molecule has 6 heteroatoms. The van der Waals surface area contributed by atoms with Gasteiger partial charge >= 0.3 is 12.1 Å². The molecule has 0 radical (unpaired) electrons. The number of carboxylic acid groups (broad SMARTS) is 1. The fourth-order valence-electron chi connectivity index (χ4n) is 1.60. The van der Waals surface area contributed by atoms with E-state index in [4.69, 9.17) is 14.6 Å². The van der Waals surface area contributed by atoms with Crippen LogP contribution in [0, 0.1) is 0 Å². The van der Waals surface area contributed by atoms with Gasteiger partial charge in [-0.25, -0.2) is 9.59 Å². The predicted molar refractivity (Wildman–Crippen MR) is 55.2 cm³/mol. The van der Waals surface area contributed by atoms with Crippen LogP contribution in [0.3, 0.4) is 0 Å². The summed E-state index contributed by atoms with van der Waals surface area (Å²) in [4.78, 5) is 23.0. The van der Waals surface area contributed by atoms with Crippen LogP contribution >= 0.6 is 0 Å². The molecule has 1 heterocycles. The minimum atomic E-state index is -0.899. The molecule has 1 fully saturated rings. The molecular weight excluding hydrogens is 214 g/mol. The second-order valence-corrected chi connectivity index (χ2v) is 3.59. The Morgan fingerprint density at radius 2 is 2.00 bits per heavy atom. The van der Waals surface area contributed by atoms with Gasteiger partial charge in [-0.15, -0.1) is 0 Å². The van der Waals surface area contributed by atoms with Crippen molar-refractivity contribution in [2.45, 2.75) is 25.9 Å². The van der Waals surface area contributed by atoms with E-state index in [1.807, 2.05) is 0 Å². The minimum Gasteiger partial charge on any atom is -0.465 e. The molecule has 0 saturated carbocycles. The molecule has 1 rings (SSSR count). The smallest absolute Gasteiger partial charge is 0.407 e. The molecule has 0 bridgehead atoms. The zero-order chi connectivity index (χ0) is 12.0. The van der Waals surface area contributed by atoms with Crippen molar-refractivity contribution in [3.05, 3.63) is 0 Å². The first-order chi connectivity index (χ1) is 7.63. The third-order valence-corrected chi connectivity index (χ3v) is 2.45. The highest BCUT2D eigenvalue weighted by atomic mass is 16.6. The normalized spacial score (nSPS) is 17.2. The Morgan fingerprint density at radius 1 is 1.38 bits per heavy atom. The van der Waals surface area contributed by atoms with Crippen molar-refractivity contribution in [3.8, 4) is 0 Å². The largest absolute Gasteiger partial charge is 0.465 e. The van der Waals surface area contributed by atoms with Gasteiger partial charge in [0.2, 0.25) is 0 Å². The van der Waals surface area contributed by atoms with Crippen molar-refractivity contribution in [1.29, 1.82) is 0 Å². The van der Waals surface area contributed by atoms with E-state index in [0.717, 1.165) is 0 Å². The Morgan fingerprint density at radius 3 is 2.50 bits per heavy atom. The molecule has 1 amide bonds. The zero-order valence-electron chi connectivity index (χ0n) is 9.35. The van der Waals surface area contributed by atoms with Crippen LogP contribution < -0.4 is 0 Å². The lowest BCUT2D eigenvalue weighted by molar-refractivity contribution is -0.151. The number of nitrogens with zero attached hydrogens (tertiary/aromatic N) is 1. The van der Waals surface area contributed by atoms with E-state index in [1.54, 1.807) is 6.92 Å². The number of hydrogen-bond acceptors (Lipinski definition) is 4. The van der Waals surface area contributed by atoms with Crippen LogP contribution in [0.4, 0.5) is 4.79 Å². The Bertz CT molecular complexity index is 248. The summed E-state index contributed by atoms with van der Waals surface area (Å²) in [6, 6.07) is 0. The Kier molecular flexibility index (Phi) is 5.04. The predicted octanol–water partition coefficient (Wildman–Crippen LogP) is 0.708. The molecule has 0 atom stereocenters. The van der Waals surface area contributed by atoms with Crippen molar-refractivity contribution in [2.24, 2.45) is 0 Å². The van der Waals surface area contributed by atoms with E-state index in [0.29, 0.717) is 32.5 Å². The summed E-state index contributed by atoms with van der Waals surface area (Å²) in [5.41, 5.74) is 0. The number of ether oxygens (including phenoxy) is 2. The molecule has 1 aliphatic heterocycles. The second-order valence-electron chi connectivity index (χ2n) is 3.59. The summed E-state index contributed by atoms with van der Waals surface area (Å²) in [5, 5.41) is 8.72. The monoisotopic (exact) mass is 231 g/mol. The Labute approximate surface area is 94.1 Å². The SMILES string of the molecule is CCOC(=O)COC1CCN(C(=O)O)CC1. The standard InChI is InChI=1S/C10H17NO5/c1-2-15-9(12)7-16-8-3-5-11(6-4-8)10(13)14/h8H,2-7H2,1H3,(H,13,14). The van der Waals surface area contributed by atoms with Gasteiger partial charge in [-0.2, -0.15) is 0 Å². The maximum Gasteiger partial charge on any atom is 0.407 e. The lowest BCUT2D eigenvalue weighted by Crippen LogP contribution is -2.40. The van der Waals surface area contributed by atoms with Crippen LogP contribution in [0.15, 0.2) is 0 Å². The van der Waals surface area contributed by atoms with E-state index < -0.39 is 6.09 Å². The molecule has 0 aromatic rings. The van der Waals surface area contributed by atoms with Crippen molar-refractivity contribution in [2.75, 3.05) is 26.3 Å². The average Bonchev–Trinajstić information content (AvgIpc) is 2.27. The molecular formula is C10H17NO5. The van der Waals surface area contributed by atoms with Crippen LogP contribution in [0.2, 0.25) is 0 Å². The maximum atomic E-state index is 11.0. The molecule has 1 saturated heterocycles. The highest BCUT2D eigenvalue weighted by Crippen LogP contribution is 2.13. The number of amides is 1. The average molecular weight is 231 g/mol. The van der Waals surface area contributed by atoms with Gasteiger partial charge < -0.3 is 19.5 Å². The first-order valence-electron chi connectivity index (χ1n) is 5.38. The fraction of sp³-hybridized carbons (Fsp3) is 0.800. The number of esters is 1. The number of carbonyl (C=O) groups is 2. The maximum absolute atomic E-state index is 11.0. The van der Waals surface area contributed by atoms with Crippen LogP contribution in [-0.2, 0) is 14.3 Å². The molecule has 92 valence electrons. The fourth-order valence-corrected chi connectivity index (χ4v) is 1.60. The summed E-state index contributed by atoms with van der Waals surface area (Å²) < 4.78 is 10.1. The molecule has 16 heavy (non-hydrogen) atoms. The quantitative estimate of drug-likeness (QED) is 0.721. The summed E-state index contributed by atoms with van der Waals surface area (Å²) >= 11 is 0. The lowest BCUT2D eigenvalue weighted by atomic mass is 10.1. The summed E-state index contributed by atoms with van der Waals surface area (Å²) in [7, 11) is 0. The number of carbonyl (C=O) groups excluding carboxylic acids is 1. The van der Waals surface area contributed by atoms with Crippen LogP contribution in [0.25, 0.3) is 0 Å². The van der Waals surface area contributed by atoms with E-state index in [1.165, 1.54) is 4.90 Å². The van der Waals surface area contributed by atoms with E-state index in [-0.39, 0.29) is 18.7 Å². The molecule has 0 aromatic carbocycles. The third kappa shape index (κ3) is 4.06. The van der Waals surface area contributed by atoms with Gasteiger partial charge in [0.05, 0.1) is 12.7 Å². The number of piperidine rings is 1. The molecule has 1 aliphatic rings. The van der Waals surface area contributed by atoms with Crippen LogP contribution in [0.1, 0.15) is 19.8 Å². The Balaban J connectivity index is 2.17. The molecule has 0 spiro atoms. The van der Waals surface area contributed by atoms with Gasteiger partial charge in [0.1, 0.15) is 6.61 Å². The zero-order valence-corrected chi connectivity index (χ0v) is 9.35. The summed E-state index contributed by atoms with van der Waals surface area (Å²) in [6.45, 7) is 2.96. The molecule has 1 N–H and O–H groups in total. The first-order valence-corrected chi connectivity index (χ1v) is 5.38. The number of rotatable bonds is 4. The van der Waals surface area contributed by atoms with Gasteiger partial charge in [0, 0.05) is 13.1 Å². The molecule has 0 aromatic heterocycles. The highest BCUT2D eigenvalue weighted by Gasteiger charge is 2.23. The van der Waals surface area contributed by atoms with Crippen LogP contribution in [-0.4, -0.2) is 54.5 Å². The summed E-state index contributed by atoms with van der Waals surface area (Å²) in [6.07, 6.45) is 0.320. The summed E-state index contributed by atoms with van der Waals surface area (Å²) in [5.74, 6) is -0.372. The van der Waals surface area contributed by atoms with Crippen molar-refractivity contribution in [1.82, 2.24) is 4.90 Å². The first kappa shape index (κ1) is 12.8. The van der Waals surface area contributed by atoms with E-state index in [2.05, 4.69) is 0 Å². The van der Waals surface area contributed by atoms with E-state index in [9.17, 15) is 9.59 Å². The molecule has 0 unspecified atom stereocenters. The van der Waals surface area contributed by atoms with Gasteiger partial charge in [-0.3, -0.25) is 0 Å². The van der Waals surface area contributed by atoms with Gasteiger partial charge in [-0.05, 0) is 19.8 Å². The molecule has 0 aliphatic carbocycles. The lowest BCUT2D eigenvalue weighted by Gasteiger charge is -2.29. The van der Waals surface area contributed by atoms with Crippen molar-refractivity contribution < 1.29 is 24.2 Å². The van der Waals surface area contributed by atoms with E-state index >= 15 is 0 Å². The van der Waals surface area contributed by atoms with Gasteiger partial charge in [0.25, 0.3) is 0 Å². The topological polar surface area (TPSA) is 76.1 Å². The van der Waals surface area contributed by atoms with Gasteiger partial charge in [-0.1, -0.05) is 0 Å². The Hall–Kier alpha value is -1.30. The van der Waals surface area contributed by atoms with Crippen LogP contribution in [0.5, 0.6) is 0 Å². The highest BCUT2D eigenvalue weighted by molar-refractivity contribution is 5.70. The van der Waals surface area contributed by atoms with Gasteiger partial charge in [0.15, 0.2) is 0 Å². The second kappa shape index (κ2) is 6.32. The number of likely N-dealkylation sites (tertiary alicyclic amines) is 1. The molecule has 6 nitrogen and oxygen atoms in total. The van der Waals surface area contributed by atoms with Crippen molar-refractivity contribution >= 4 is 12.1 Å². The third-order valence-electron chi connectivity index (χ3n) is 2.45. The van der Waals surface area contributed by atoms with Crippen molar-refractivity contribution in [3.63, 3.8) is 0 Å². The minimum absolute atomic E-state index is 0.0417. The number of hydrogen-bond donors (Lipinski definition) is 1.